The molecule has 6 nitrogen and oxygen atoms in total. The van der Waals surface area contributed by atoms with E-state index in [1.54, 1.807) is 11.9 Å². The van der Waals surface area contributed by atoms with E-state index in [-0.39, 0.29) is 25.1 Å². The summed E-state index contributed by atoms with van der Waals surface area (Å²) in [4.78, 5) is 26.2. The highest BCUT2D eigenvalue weighted by Crippen LogP contribution is 2.39. The SMILES string of the molecule is C.Cc1cccc(C(c2cccc(C)c2)C2CN(C)C(=O)c3c(O)c(=O)cnn32)c1. The van der Waals surface area contributed by atoms with Crippen LogP contribution in [0, 0.1) is 13.8 Å². The zero-order chi connectivity index (χ0) is 20.7. The molecule has 156 valence electrons. The molecule has 0 saturated carbocycles. The van der Waals surface area contributed by atoms with Crippen molar-refractivity contribution < 1.29 is 9.90 Å². The second-order valence-electron chi connectivity index (χ2n) is 7.71. The molecule has 1 aromatic heterocycles. The fraction of sp³-hybridized carbons (Fsp3) is 0.292. The van der Waals surface area contributed by atoms with Crippen LogP contribution in [0.5, 0.6) is 5.75 Å². The van der Waals surface area contributed by atoms with Gasteiger partial charge in [0.1, 0.15) is 0 Å². The Morgan fingerprint density at radius 2 is 1.60 bits per heavy atom. The zero-order valence-corrected chi connectivity index (χ0v) is 16.7. The quantitative estimate of drug-likeness (QED) is 0.722. The number of hydrogen-bond acceptors (Lipinski definition) is 4. The van der Waals surface area contributed by atoms with E-state index in [0.717, 1.165) is 28.5 Å². The molecule has 6 heteroatoms. The molecule has 1 atom stereocenters. The summed E-state index contributed by atoms with van der Waals surface area (Å²) in [6, 6.07) is 16.2. The minimum absolute atomic E-state index is 0. The maximum atomic E-state index is 12.7. The van der Waals surface area contributed by atoms with Gasteiger partial charge in [0.15, 0.2) is 11.4 Å². The van der Waals surface area contributed by atoms with E-state index >= 15 is 0 Å². The van der Waals surface area contributed by atoms with Crippen LogP contribution < -0.4 is 5.43 Å². The number of benzene rings is 2. The van der Waals surface area contributed by atoms with Crippen molar-refractivity contribution in [2.75, 3.05) is 13.6 Å². The number of hydrogen-bond donors (Lipinski definition) is 1. The minimum atomic E-state index is -0.652. The van der Waals surface area contributed by atoms with Gasteiger partial charge in [0, 0.05) is 19.5 Å². The largest absolute Gasteiger partial charge is 0.502 e. The van der Waals surface area contributed by atoms with Crippen LogP contribution in [0.2, 0.25) is 0 Å². The molecule has 0 spiro atoms. The third-order valence-corrected chi connectivity index (χ3v) is 5.50. The predicted octanol–water partition coefficient (Wildman–Crippen LogP) is 3.66. The molecule has 4 rings (SSSR count). The molecule has 1 unspecified atom stereocenters. The summed E-state index contributed by atoms with van der Waals surface area (Å²) in [6.45, 7) is 4.50. The number of aromatic hydroxyl groups is 1. The van der Waals surface area contributed by atoms with E-state index in [2.05, 4.69) is 29.4 Å². The molecule has 0 fully saturated rings. The zero-order valence-electron chi connectivity index (χ0n) is 16.7. The number of amides is 1. The lowest BCUT2D eigenvalue weighted by molar-refractivity contribution is 0.0686. The van der Waals surface area contributed by atoms with Gasteiger partial charge in [-0.3, -0.25) is 14.3 Å². The molecule has 0 bridgehead atoms. The van der Waals surface area contributed by atoms with Gasteiger partial charge >= 0.3 is 0 Å². The fourth-order valence-electron chi connectivity index (χ4n) is 4.14. The van der Waals surface area contributed by atoms with Crippen molar-refractivity contribution in [1.29, 1.82) is 0 Å². The van der Waals surface area contributed by atoms with E-state index in [9.17, 15) is 14.7 Å². The van der Waals surface area contributed by atoms with Crippen molar-refractivity contribution in [2.24, 2.45) is 0 Å². The van der Waals surface area contributed by atoms with Crippen LogP contribution in [0.1, 0.15) is 52.1 Å². The fourth-order valence-corrected chi connectivity index (χ4v) is 4.14. The van der Waals surface area contributed by atoms with Gasteiger partial charge in [0.2, 0.25) is 5.43 Å². The van der Waals surface area contributed by atoms with Gasteiger partial charge in [0.05, 0.1) is 12.2 Å². The first-order valence-corrected chi connectivity index (χ1v) is 9.56. The third-order valence-electron chi connectivity index (χ3n) is 5.50. The molecule has 3 aromatic rings. The number of likely N-dealkylation sites (N-methyl/N-ethyl adjacent to an activating group) is 1. The normalized spacial score (nSPS) is 15.7. The summed E-state index contributed by atoms with van der Waals surface area (Å²) in [6.07, 6.45) is 1.08. The number of rotatable bonds is 3. The molecule has 1 aliphatic heterocycles. The Labute approximate surface area is 176 Å². The highest BCUT2D eigenvalue weighted by molar-refractivity contribution is 5.95. The van der Waals surface area contributed by atoms with Crippen LogP contribution >= 0.6 is 0 Å². The summed E-state index contributed by atoms with van der Waals surface area (Å²) in [7, 11) is 1.68. The molecular weight excluding hydrogens is 378 g/mol. The number of aryl methyl sites for hydroxylation is 2. The van der Waals surface area contributed by atoms with Crippen LogP contribution in [0.3, 0.4) is 0 Å². The minimum Gasteiger partial charge on any atom is -0.502 e. The lowest BCUT2D eigenvalue weighted by Gasteiger charge is -2.37. The molecule has 30 heavy (non-hydrogen) atoms. The average molecular weight is 405 g/mol. The second kappa shape index (κ2) is 8.14. The van der Waals surface area contributed by atoms with Crippen LogP contribution in [0.15, 0.2) is 59.5 Å². The van der Waals surface area contributed by atoms with Crippen LogP contribution in [0.25, 0.3) is 0 Å². The number of carbonyl (C=O) groups excluding carboxylic acids is 1. The van der Waals surface area contributed by atoms with Gasteiger partial charge in [0.25, 0.3) is 5.91 Å². The Balaban J connectivity index is 0.00000256. The Kier molecular flexibility index (Phi) is 5.78. The Morgan fingerprint density at radius 1 is 1.03 bits per heavy atom. The molecular formula is C24H27N3O3. The van der Waals surface area contributed by atoms with E-state index in [0.29, 0.717) is 6.54 Å². The summed E-state index contributed by atoms with van der Waals surface area (Å²) >= 11 is 0. The van der Waals surface area contributed by atoms with E-state index in [4.69, 9.17) is 0 Å². The monoisotopic (exact) mass is 405 g/mol. The molecule has 1 amide bonds. The van der Waals surface area contributed by atoms with Crippen molar-refractivity contribution in [2.45, 2.75) is 33.2 Å². The highest BCUT2D eigenvalue weighted by Gasteiger charge is 2.38. The van der Waals surface area contributed by atoms with Crippen molar-refractivity contribution in [1.82, 2.24) is 14.7 Å². The molecule has 2 aromatic carbocycles. The van der Waals surface area contributed by atoms with Gasteiger partial charge in [-0.1, -0.05) is 67.1 Å². The second-order valence-corrected chi connectivity index (χ2v) is 7.71. The number of fused-ring (bicyclic) bond motifs is 1. The van der Waals surface area contributed by atoms with Crippen LogP contribution in [-0.4, -0.2) is 39.3 Å². The predicted molar refractivity (Wildman–Crippen MR) is 117 cm³/mol. The summed E-state index contributed by atoms with van der Waals surface area (Å²) < 4.78 is 1.52. The van der Waals surface area contributed by atoms with Crippen LogP contribution in [0.4, 0.5) is 0 Å². The van der Waals surface area contributed by atoms with E-state index in [1.807, 2.05) is 38.1 Å². The van der Waals surface area contributed by atoms with Gasteiger partial charge in [-0.05, 0) is 25.0 Å². The first-order chi connectivity index (χ1) is 13.9. The van der Waals surface area contributed by atoms with Crippen molar-refractivity contribution >= 4 is 5.91 Å². The molecule has 1 N–H and O–H groups in total. The highest BCUT2D eigenvalue weighted by atomic mass is 16.3. The van der Waals surface area contributed by atoms with Crippen LogP contribution in [-0.2, 0) is 0 Å². The summed E-state index contributed by atoms with van der Waals surface area (Å²) in [5, 5.41) is 14.6. The van der Waals surface area contributed by atoms with Crippen molar-refractivity contribution in [3.63, 3.8) is 0 Å². The first kappa shape index (κ1) is 21.3. The third kappa shape index (κ3) is 3.61. The lowest BCUT2D eigenvalue weighted by Crippen LogP contribution is -2.45. The summed E-state index contributed by atoms with van der Waals surface area (Å²) in [5.41, 5.74) is 3.75. The van der Waals surface area contributed by atoms with Gasteiger partial charge in [-0.15, -0.1) is 0 Å². The Hall–Kier alpha value is -3.41. The van der Waals surface area contributed by atoms with Gasteiger partial charge in [-0.25, -0.2) is 0 Å². The lowest BCUT2D eigenvalue weighted by atomic mass is 9.83. The molecule has 0 saturated heterocycles. The first-order valence-electron chi connectivity index (χ1n) is 9.56. The maximum absolute atomic E-state index is 12.7. The smallest absolute Gasteiger partial charge is 0.275 e. The Morgan fingerprint density at radius 3 is 2.13 bits per heavy atom. The molecule has 0 aliphatic carbocycles. The van der Waals surface area contributed by atoms with Gasteiger partial charge < -0.3 is 10.0 Å². The standard InChI is InChI=1S/C23H23N3O3.CH4/c1-14-6-4-8-16(10-14)20(17-9-5-7-15(2)11-17)18-13-25(3)23(29)21-22(28)19(27)12-24-26(18)21;/h4-12,18,20,28H,13H2,1-3H3;1H4. The maximum Gasteiger partial charge on any atom is 0.275 e. The van der Waals surface area contributed by atoms with E-state index < -0.39 is 17.1 Å². The number of aromatic nitrogens is 2. The Bertz CT molecular complexity index is 1110. The van der Waals surface area contributed by atoms with Crippen molar-refractivity contribution in [3.8, 4) is 5.75 Å². The molecule has 1 aliphatic rings. The molecule has 0 radical (unpaired) electrons. The molecule has 2 heterocycles. The summed E-state index contributed by atoms with van der Waals surface area (Å²) in [5.74, 6) is -1.07. The number of carbonyl (C=O) groups is 1. The topological polar surface area (TPSA) is 75.4 Å². The average Bonchev–Trinajstić information content (AvgIpc) is 2.68. The van der Waals surface area contributed by atoms with Crippen molar-refractivity contribution in [3.05, 3.63) is 92.9 Å². The van der Waals surface area contributed by atoms with Gasteiger partial charge in [-0.2, -0.15) is 5.10 Å². The van der Waals surface area contributed by atoms with E-state index in [1.165, 1.54) is 4.68 Å². The number of nitrogens with zero attached hydrogens (tertiary/aromatic N) is 3.